The molecule has 11 heteroatoms. The molecule has 0 radical (unpaired) electrons. The predicted molar refractivity (Wildman–Crippen MR) is 238 cm³/mol. The van der Waals surface area contributed by atoms with Gasteiger partial charge in [0.15, 0.2) is 0 Å². The van der Waals surface area contributed by atoms with E-state index in [9.17, 15) is 33.6 Å². The average Bonchev–Trinajstić information content (AvgIpc) is 3.67. The Bertz CT molecular complexity index is 1350. The van der Waals surface area contributed by atoms with Gasteiger partial charge in [0.05, 0.1) is 11.8 Å². The van der Waals surface area contributed by atoms with Crippen LogP contribution in [0.5, 0.6) is 0 Å². The Kier molecular flexibility index (Phi) is 22.8. The lowest BCUT2D eigenvalue weighted by molar-refractivity contribution is -0.143. The first-order valence-corrected chi connectivity index (χ1v) is 22.1. The molecule has 11 nitrogen and oxygen atoms in total. The van der Waals surface area contributed by atoms with E-state index in [1.165, 1.54) is 14.7 Å². The molecule has 0 aromatic rings. The molecule has 4 rings (SSSR count). The van der Waals surface area contributed by atoms with Gasteiger partial charge in [0.1, 0.15) is 0 Å². The Morgan fingerprint density at radius 3 is 1.03 bits per heavy atom. The normalized spacial score (nSPS) is 24.8. The van der Waals surface area contributed by atoms with Crippen LogP contribution in [0.2, 0.25) is 0 Å². The summed E-state index contributed by atoms with van der Waals surface area (Å²) in [5.74, 6) is 3.19. The lowest BCUT2D eigenvalue weighted by Crippen LogP contribution is -2.36. The third kappa shape index (κ3) is 14.9. The molecule has 0 aromatic carbocycles. The van der Waals surface area contributed by atoms with Crippen LogP contribution >= 0.6 is 0 Å². The van der Waals surface area contributed by atoms with Crippen molar-refractivity contribution in [2.24, 2.45) is 71.0 Å². The molecule has 4 saturated heterocycles. The zero-order valence-corrected chi connectivity index (χ0v) is 39.7. The smallest absolute Gasteiger partial charge is 0.233 e. The van der Waals surface area contributed by atoms with Crippen molar-refractivity contribution in [3.05, 3.63) is 12.3 Å². The molecule has 4 aliphatic heterocycles. The summed E-state index contributed by atoms with van der Waals surface area (Å²) < 4.78 is 0. The van der Waals surface area contributed by atoms with Crippen LogP contribution in [-0.4, -0.2) is 87.1 Å². The monoisotopic (exact) mass is 831 g/mol. The maximum atomic E-state index is 12.0. The Labute approximate surface area is 359 Å². The third-order valence-corrected chi connectivity index (χ3v) is 11.6. The van der Waals surface area contributed by atoms with Gasteiger partial charge in [-0.3, -0.25) is 48.3 Å². The first kappa shape index (κ1) is 55.6. The number of carbonyl (C=O) groups is 7. The van der Waals surface area contributed by atoms with E-state index in [-0.39, 0.29) is 96.4 Å². The van der Waals surface area contributed by atoms with Crippen molar-refractivity contribution in [1.82, 2.24) is 19.6 Å². The number of amides is 7. The van der Waals surface area contributed by atoms with Crippen LogP contribution in [0.4, 0.5) is 0 Å². The van der Waals surface area contributed by atoms with E-state index >= 15 is 0 Å². The predicted octanol–water partition coefficient (Wildman–Crippen LogP) is 9.09. The number of allylic oxidation sites excluding steroid dienone is 1. The quantitative estimate of drug-likeness (QED) is 0.179. The molecule has 0 aromatic heterocycles. The SMILES string of the molecule is C.C=C1C(C(C)C)C(CC(C)C)C(=O)N1C.CC(C)CC1C(=O)N(C)C(=O)C1C(C)C.CC(C)CC1CC(=O)N(C(C)C)C1=O.CC(C)CC1CC(=O)N(C(C)C)C1=O. The molecule has 4 fully saturated rings. The van der Waals surface area contributed by atoms with Crippen molar-refractivity contribution in [3.63, 3.8) is 0 Å². The van der Waals surface area contributed by atoms with Crippen molar-refractivity contribution in [2.45, 2.75) is 169 Å². The Balaban J connectivity index is 0.000000756. The van der Waals surface area contributed by atoms with Crippen molar-refractivity contribution >= 4 is 41.4 Å². The highest BCUT2D eigenvalue weighted by Gasteiger charge is 2.47. The first-order valence-electron chi connectivity index (χ1n) is 22.1. The standard InChI is InChI=1S/C13H23NO.C12H21NO2.2C11H19NO2.CH4/c1-8(2)7-11-12(9(3)4)10(5)14(6)13(11)15;1-7(2)6-9-10(8(3)4)12(15)13(5)11(9)14;2*1-7(2)5-9-6-10(13)12(8(3)4)11(9)14;/h8-9,11-12H,5,7H2,1-4,6H3;7-10H,6H2,1-5H3;2*7-9H,5-6H2,1-4H3;1H4. The number of carbonyl (C=O) groups excluding carboxylic acids is 7. The number of rotatable bonds is 12. The number of hydrogen-bond acceptors (Lipinski definition) is 7. The molecule has 340 valence electrons. The van der Waals surface area contributed by atoms with Crippen LogP contribution in [0.15, 0.2) is 12.3 Å². The molecule has 59 heavy (non-hydrogen) atoms. The molecule has 0 bridgehead atoms. The Hall–Kier alpha value is -3.37. The minimum Gasteiger partial charge on any atom is -0.319 e. The average molecular weight is 831 g/mol. The van der Waals surface area contributed by atoms with E-state index in [0.29, 0.717) is 48.3 Å². The van der Waals surface area contributed by atoms with Gasteiger partial charge in [-0.2, -0.15) is 0 Å². The van der Waals surface area contributed by atoms with Crippen molar-refractivity contribution < 1.29 is 33.6 Å². The van der Waals surface area contributed by atoms with Gasteiger partial charge >= 0.3 is 0 Å². The molecule has 0 N–H and O–H groups in total. The molecule has 0 saturated carbocycles. The molecule has 0 spiro atoms. The van der Waals surface area contributed by atoms with Gasteiger partial charge in [-0.15, -0.1) is 0 Å². The van der Waals surface area contributed by atoms with Gasteiger partial charge in [0.25, 0.3) is 0 Å². The minimum atomic E-state index is -0.107. The summed E-state index contributed by atoms with van der Waals surface area (Å²) in [7, 11) is 3.45. The molecule has 6 unspecified atom stereocenters. The van der Waals surface area contributed by atoms with Crippen LogP contribution < -0.4 is 0 Å². The van der Waals surface area contributed by atoms with Crippen molar-refractivity contribution in [3.8, 4) is 0 Å². The highest BCUT2D eigenvalue weighted by molar-refractivity contribution is 6.05. The fraction of sp³-hybridized carbons (Fsp3) is 0.812. The van der Waals surface area contributed by atoms with Crippen molar-refractivity contribution in [1.29, 1.82) is 0 Å². The second-order valence-corrected chi connectivity index (χ2v) is 20.1. The van der Waals surface area contributed by atoms with Gasteiger partial charge in [0, 0.05) is 68.4 Å². The molecule has 7 amide bonds. The summed E-state index contributed by atoms with van der Waals surface area (Å²) in [5.41, 5.74) is 1.00. The van der Waals surface area contributed by atoms with E-state index in [1.807, 2.05) is 48.6 Å². The number of likely N-dealkylation sites (tertiary alicyclic amines) is 4. The lowest BCUT2D eigenvalue weighted by Gasteiger charge is -2.22. The van der Waals surface area contributed by atoms with Gasteiger partial charge < -0.3 is 4.90 Å². The van der Waals surface area contributed by atoms with Crippen LogP contribution in [-0.2, 0) is 33.6 Å². The van der Waals surface area contributed by atoms with Gasteiger partial charge in [-0.25, -0.2) is 0 Å². The lowest BCUT2D eigenvalue weighted by atomic mass is 9.80. The molecule has 0 aliphatic carbocycles. The maximum absolute atomic E-state index is 12.0. The third-order valence-electron chi connectivity index (χ3n) is 11.6. The van der Waals surface area contributed by atoms with E-state index in [4.69, 9.17) is 0 Å². The van der Waals surface area contributed by atoms with Gasteiger partial charge in [-0.1, -0.05) is 97.1 Å². The topological polar surface area (TPSA) is 132 Å². The first-order chi connectivity index (χ1) is 26.6. The Morgan fingerprint density at radius 2 is 0.763 bits per heavy atom. The zero-order valence-electron chi connectivity index (χ0n) is 39.7. The van der Waals surface area contributed by atoms with Crippen LogP contribution in [0.25, 0.3) is 0 Å². The summed E-state index contributed by atoms with van der Waals surface area (Å²) in [6.45, 7) is 36.8. The second-order valence-electron chi connectivity index (χ2n) is 20.1. The number of imide groups is 3. The fourth-order valence-corrected chi connectivity index (χ4v) is 9.04. The van der Waals surface area contributed by atoms with Crippen LogP contribution in [0.3, 0.4) is 0 Å². The van der Waals surface area contributed by atoms with E-state index in [1.54, 1.807) is 11.9 Å². The minimum absolute atomic E-state index is 0. The van der Waals surface area contributed by atoms with Crippen LogP contribution in [0.1, 0.15) is 157 Å². The summed E-state index contributed by atoms with van der Waals surface area (Å²) in [5, 5.41) is 0. The van der Waals surface area contributed by atoms with Crippen LogP contribution in [0, 0.1) is 71.0 Å². The summed E-state index contributed by atoms with van der Waals surface area (Å²) in [6, 6.07) is 0.0133. The van der Waals surface area contributed by atoms with Gasteiger partial charge in [-0.05, 0) is 88.9 Å². The Morgan fingerprint density at radius 1 is 0.458 bits per heavy atom. The molecular formula is C48H86N4O7. The highest BCUT2D eigenvalue weighted by Crippen LogP contribution is 2.40. The number of nitrogens with zero attached hydrogens (tertiary/aromatic N) is 4. The second kappa shape index (κ2) is 24.2. The summed E-state index contributed by atoms with van der Waals surface area (Å²) in [4.78, 5) is 88.3. The zero-order chi connectivity index (χ0) is 45.3. The maximum Gasteiger partial charge on any atom is 0.233 e. The highest BCUT2D eigenvalue weighted by atomic mass is 16.2. The summed E-state index contributed by atoms with van der Waals surface area (Å²) in [6.07, 6.45) is 4.27. The summed E-state index contributed by atoms with van der Waals surface area (Å²) >= 11 is 0. The van der Waals surface area contributed by atoms with Gasteiger partial charge in [0.2, 0.25) is 41.4 Å². The van der Waals surface area contributed by atoms with E-state index < -0.39 is 0 Å². The largest absolute Gasteiger partial charge is 0.319 e. The molecule has 6 atom stereocenters. The van der Waals surface area contributed by atoms with E-state index in [2.05, 4.69) is 75.8 Å². The molecule has 4 heterocycles. The number of hydrogen-bond donors (Lipinski definition) is 0. The van der Waals surface area contributed by atoms with E-state index in [0.717, 1.165) is 31.4 Å². The fourth-order valence-electron chi connectivity index (χ4n) is 9.04. The molecular weight excluding hydrogens is 745 g/mol. The molecule has 4 aliphatic rings. The van der Waals surface area contributed by atoms with Crippen molar-refractivity contribution in [2.75, 3.05) is 14.1 Å².